The molecule has 0 radical (unpaired) electrons. The fourth-order valence-corrected chi connectivity index (χ4v) is 5.74. The van der Waals surface area contributed by atoms with E-state index in [0.717, 1.165) is 0 Å². The predicted octanol–water partition coefficient (Wildman–Crippen LogP) is 3.63. The predicted molar refractivity (Wildman–Crippen MR) is 123 cm³/mol. The van der Waals surface area contributed by atoms with Gasteiger partial charge in [0.15, 0.2) is 0 Å². The van der Waals surface area contributed by atoms with Crippen LogP contribution >= 0.6 is 0 Å². The maximum absolute atomic E-state index is 13.5. The molecule has 0 N–H and O–H groups in total. The Bertz CT molecular complexity index is 1070. The molecule has 8 heteroatoms. The monoisotopic (exact) mass is 458 g/mol. The van der Waals surface area contributed by atoms with Crippen LogP contribution in [0.15, 0.2) is 53.4 Å². The summed E-state index contributed by atoms with van der Waals surface area (Å²) in [6.45, 7) is 6.62. The number of benzene rings is 2. The molecule has 1 amide bonds. The Kier molecular flexibility index (Phi) is 7.56. The van der Waals surface area contributed by atoms with Crippen LogP contribution in [0.5, 0.6) is 0 Å². The highest BCUT2D eigenvalue weighted by molar-refractivity contribution is 7.92. The number of aryl methyl sites for hydroxylation is 1. The number of hydrogen-bond donors (Lipinski definition) is 0. The first-order valence-electron chi connectivity index (χ1n) is 10.9. The number of sulfonamides is 1. The summed E-state index contributed by atoms with van der Waals surface area (Å²) >= 11 is 0. The summed E-state index contributed by atoms with van der Waals surface area (Å²) in [6, 6.07) is 13.6. The van der Waals surface area contributed by atoms with Gasteiger partial charge in [-0.15, -0.1) is 0 Å². The molecule has 2 aromatic carbocycles. The second kappa shape index (κ2) is 10.2. The first-order chi connectivity index (χ1) is 15.3. The molecule has 172 valence electrons. The summed E-state index contributed by atoms with van der Waals surface area (Å²) in [4.78, 5) is 27.0. The van der Waals surface area contributed by atoms with Crippen molar-refractivity contribution in [2.45, 2.75) is 38.5 Å². The van der Waals surface area contributed by atoms with Gasteiger partial charge in [-0.3, -0.25) is 13.9 Å². The number of carbonyl (C=O) groups is 2. The van der Waals surface area contributed by atoms with E-state index in [0.29, 0.717) is 42.8 Å². The maximum atomic E-state index is 13.5. The van der Waals surface area contributed by atoms with E-state index in [1.807, 2.05) is 6.07 Å². The number of anilines is 1. The number of carbonyl (C=O) groups excluding carboxylic acids is 2. The third-order valence-corrected chi connectivity index (χ3v) is 7.71. The van der Waals surface area contributed by atoms with Crippen LogP contribution in [0.3, 0.4) is 0 Å². The highest BCUT2D eigenvalue weighted by atomic mass is 32.2. The van der Waals surface area contributed by atoms with Gasteiger partial charge >= 0.3 is 5.97 Å². The Morgan fingerprint density at radius 3 is 2.50 bits per heavy atom. The lowest BCUT2D eigenvalue weighted by atomic mass is 9.97. The third-order valence-electron chi connectivity index (χ3n) is 5.66. The van der Waals surface area contributed by atoms with Crippen LogP contribution < -0.4 is 4.31 Å². The van der Waals surface area contributed by atoms with Gasteiger partial charge in [-0.1, -0.05) is 24.3 Å². The zero-order chi connectivity index (χ0) is 23.3. The number of likely N-dealkylation sites (tertiary alicyclic amines) is 1. The van der Waals surface area contributed by atoms with Crippen LogP contribution in [0.2, 0.25) is 0 Å². The molecule has 1 atom stereocenters. The second-order valence-electron chi connectivity index (χ2n) is 7.83. The molecule has 1 aliphatic rings. The summed E-state index contributed by atoms with van der Waals surface area (Å²) < 4.78 is 33.4. The highest BCUT2D eigenvalue weighted by Crippen LogP contribution is 2.27. The van der Waals surface area contributed by atoms with E-state index in [2.05, 4.69) is 0 Å². The number of ether oxygens (including phenoxy) is 1. The molecule has 0 aliphatic carbocycles. The van der Waals surface area contributed by atoms with Crippen molar-refractivity contribution in [2.24, 2.45) is 5.92 Å². The standard InChI is InChI=1S/C24H30N2O5S/c1-4-26(21-11-7-6-8-12-21)32(29,30)22-16-19(14-13-18(22)3)23(27)25-15-9-10-20(17-25)24(28)31-5-2/h6-8,11-14,16,20H,4-5,9-10,15,17H2,1-3H3/t20-/m0/s1. The quantitative estimate of drug-likeness (QED) is 0.592. The fraction of sp³-hybridized carbons (Fsp3) is 0.417. The lowest BCUT2D eigenvalue weighted by Crippen LogP contribution is -2.43. The largest absolute Gasteiger partial charge is 0.466 e. The van der Waals surface area contributed by atoms with E-state index < -0.39 is 10.0 Å². The molecule has 2 aromatic rings. The average molecular weight is 459 g/mol. The number of piperidine rings is 1. The van der Waals surface area contributed by atoms with Crippen LogP contribution in [0.4, 0.5) is 5.69 Å². The minimum Gasteiger partial charge on any atom is -0.466 e. The minimum absolute atomic E-state index is 0.105. The van der Waals surface area contributed by atoms with Crippen LogP contribution in [-0.4, -0.2) is 51.4 Å². The molecule has 32 heavy (non-hydrogen) atoms. The Balaban J connectivity index is 1.89. The van der Waals surface area contributed by atoms with Gasteiger partial charge in [0, 0.05) is 25.2 Å². The first-order valence-corrected chi connectivity index (χ1v) is 12.4. The van der Waals surface area contributed by atoms with Gasteiger partial charge in [0.1, 0.15) is 0 Å². The molecule has 1 fully saturated rings. The van der Waals surface area contributed by atoms with Crippen molar-refractivity contribution in [3.8, 4) is 0 Å². The first kappa shape index (κ1) is 23.8. The van der Waals surface area contributed by atoms with E-state index in [4.69, 9.17) is 4.74 Å². The fourth-order valence-electron chi connectivity index (χ4n) is 4.01. The van der Waals surface area contributed by atoms with Gasteiger partial charge in [0.05, 0.1) is 23.1 Å². The van der Waals surface area contributed by atoms with Crippen molar-refractivity contribution >= 4 is 27.6 Å². The number of amides is 1. The molecule has 0 bridgehead atoms. The second-order valence-corrected chi connectivity index (χ2v) is 9.66. The SMILES string of the molecule is CCOC(=O)[C@H]1CCCN(C(=O)c2ccc(C)c(S(=O)(=O)N(CC)c3ccccc3)c2)C1. The summed E-state index contributed by atoms with van der Waals surface area (Å²) in [5, 5.41) is 0. The lowest BCUT2D eigenvalue weighted by molar-refractivity contribution is -0.149. The van der Waals surface area contributed by atoms with Crippen LogP contribution in [0, 0.1) is 12.8 Å². The van der Waals surface area contributed by atoms with Gasteiger partial charge in [-0.05, 0) is 63.4 Å². The minimum atomic E-state index is -3.86. The molecule has 0 spiro atoms. The van der Waals surface area contributed by atoms with E-state index in [9.17, 15) is 18.0 Å². The third kappa shape index (κ3) is 4.96. The summed E-state index contributed by atoms with van der Waals surface area (Å²) in [5.41, 5.74) is 1.43. The maximum Gasteiger partial charge on any atom is 0.310 e. The Morgan fingerprint density at radius 1 is 1.12 bits per heavy atom. The lowest BCUT2D eigenvalue weighted by Gasteiger charge is -2.32. The van der Waals surface area contributed by atoms with Crippen molar-refractivity contribution in [1.82, 2.24) is 4.90 Å². The number of para-hydroxylation sites is 1. The molecular weight excluding hydrogens is 428 g/mol. The van der Waals surface area contributed by atoms with Gasteiger partial charge in [-0.25, -0.2) is 8.42 Å². The van der Waals surface area contributed by atoms with E-state index in [1.54, 1.807) is 62.1 Å². The molecule has 1 heterocycles. The molecule has 0 aromatic heterocycles. The number of esters is 1. The molecule has 3 rings (SSSR count). The van der Waals surface area contributed by atoms with Crippen molar-refractivity contribution in [3.63, 3.8) is 0 Å². The van der Waals surface area contributed by atoms with Gasteiger partial charge in [0.2, 0.25) is 0 Å². The van der Waals surface area contributed by atoms with Crippen LogP contribution in [0.1, 0.15) is 42.6 Å². The van der Waals surface area contributed by atoms with Crippen LogP contribution in [-0.2, 0) is 19.6 Å². The Hall–Kier alpha value is -2.87. The summed E-state index contributed by atoms with van der Waals surface area (Å²) in [5.74, 6) is -0.924. The Labute approximate surface area is 190 Å². The molecular formula is C24H30N2O5S. The molecule has 0 saturated carbocycles. The van der Waals surface area contributed by atoms with E-state index >= 15 is 0 Å². The van der Waals surface area contributed by atoms with Crippen molar-refractivity contribution in [2.75, 3.05) is 30.5 Å². The molecule has 1 saturated heterocycles. The molecule has 0 unspecified atom stereocenters. The zero-order valence-electron chi connectivity index (χ0n) is 18.8. The highest BCUT2D eigenvalue weighted by Gasteiger charge is 2.31. The van der Waals surface area contributed by atoms with Crippen LogP contribution in [0.25, 0.3) is 0 Å². The topological polar surface area (TPSA) is 84.0 Å². The average Bonchev–Trinajstić information content (AvgIpc) is 2.80. The molecule has 7 nitrogen and oxygen atoms in total. The van der Waals surface area contributed by atoms with Crippen molar-refractivity contribution in [1.29, 1.82) is 0 Å². The number of rotatable bonds is 7. The zero-order valence-corrected chi connectivity index (χ0v) is 19.6. The summed E-state index contributed by atoms with van der Waals surface area (Å²) in [7, 11) is -3.86. The summed E-state index contributed by atoms with van der Waals surface area (Å²) in [6.07, 6.45) is 1.38. The number of hydrogen-bond acceptors (Lipinski definition) is 5. The van der Waals surface area contributed by atoms with Gasteiger partial charge < -0.3 is 9.64 Å². The number of nitrogens with zero attached hydrogens (tertiary/aromatic N) is 2. The molecule has 1 aliphatic heterocycles. The van der Waals surface area contributed by atoms with Crippen molar-refractivity contribution in [3.05, 3.63) is 59.7 Å². The Morgan fingerprint density at radius 2 is 1.84 bits per heavy atom. The smallest absolute Gasteiger partial charge is 0.310 e. The van der Waals surface area contributed by atoms with Crippen molar-refractivity contribution < 1.29 is 22.7 Å². The van der Waals surface area contributed by atoms with E-state index in [-0.39, 0.29) is 35.8 Å². The van der Waals surface area contributed by atoms with Gasteiger partial charge in [0.25, 0.3) is 15.9 Å². The normalized spacial score (nSPS) is 16.5. The van der Waals surface area contributed by atoms with Gasteiger partial charge in [-0.2, -0.15) is 0 Å². The van der Waals surface area contributed by atoms with E-state index in [1.165, 1.54) is 10.4 Å².